The summed E-state index contributed by atoms with van der Waals surface area (Å²) in [5.74, 6) is 2.73. The normalized spacial score (nSPS) is 18.5. The van der Waals surface area contributed by atoms with Crippen molar-refractivity contribution in [1.29, 1.82) is 0 Å². The molecule has 0 spiro atoms. The number of hydrogen-bond donors (Lipinski definition) is 1. The van der Waals surface area contributed by atoms with E-state index >= 15 is 0 Å². The van der Waals surface area contributed by atoms with E-state index < -0.39 is 0 Å². The van der Waals surface area contributed by atoms with Gasteiger partial charge in [0.25, 0.3) is 0 Å². The highest BCUT2D eigenvalue weighted by Crippen LogP contribution is 2.25. The lowest BCUT2D eigenvalue weighted by molar-refractivity contribution is 0.363. The first-order valence-electron chi connectivity index (χ1n) is 7.08. The second kappa shape index (κ2) is 6.90. The van der Waals surface area contributed by atoms with Gasteiger partial charge in [0.2, 0.25) is 5.89 Å². The second-order valence-corrected chi connectivity index (χ2v) is 6.44. The Labute approximate surface area is 123 Å². The molecule has 1 atom stereocenters. The number of nitrogens with zero attached hydrogens (tertiary/aromatic N) is 2. The van der Waals surface area contributed by atoms with Gasteiger partial charge in [-0.2, -0.15) is 16.7 Å². The third-order valence-electron chi connectivity index (χ3n) is 3.39. The van der Waals surface area contributed by atoms with Crippen molar-refractivity contribution >= 4 is 11.8 Å². The van der Waals surface area contributed by atoms with Crippen molar-refractivity contribution in [3.63, 3.8) is 0 Å². The van der Waals surface area contributed by atoms with E-state index in [2.05, 4.69) is 39.4 Å². The molecule has 4 nitrogen and oxygen atoms in total. The summed E-state index contributed by atoms with van der Waals surface area (Å²) in [7, 11) is 0. The van der Waals surface area contributed by atoms with Gasteiger partial charge in [-0.15, -0.1) is 0 Å². The molecule has 1 saturated heterocycles. The summed E-state index contributed by atoms with van der Waals surface area (Å²) >= 11 is 2.06. The van der Waals surface area contributed by atoms with E-state index in [4.69, 9.17) is 4.52 Å². The first-order chi connectivity index (χ1) is 9.90. The van der Waals surface area contributed by atoms with Crippen LogP contribution >= 0.6 is 11.8 Å². The van der Waals surface area contributed by atoms with Gasteiger partial charge in [-0.3, -0.25) is 0 Å². The fraction of sp³-hybridized carbons (Fsp3) is 0.467. The molecule has 1 aliphatic rings. The molecular weight excluding hydrogens is 270 g/mol. The van der Waals surface area contributed by atoms with Gasteiger partial charge in [0.1, 0.15) is 0 Å². The van der Waals surface area contributed by atoms with E-state index in [-0.39, 0.29) is 0 Å². The van der Waals surface area contributed by atoms with E-state index in [0.29, 0.717) is 12.4 Å². The predicted octanol–water partition coefficient (Wildman–Crippen LogP) is 2.65. The largest absolute Gasteiger partial charge is 0.338 e. The van der Waals surface area contributed by atoms with Crippen molar-refractivity contribution in [2.75, 3.05) is 12.3 Å². The maximum Gasteiger partial charge on any atom is 0.240 e. The number of aromatic nitrogens is 2. The Morgan fingerprint density at radius 1 is 1.30 bits per heavy atom. The van der Waals surface area contributed by atoms with Gasteiger partial charge in [-0.05, 0) is 24.2 Å². The van der Waals surface area contributed by atoms with E-state index in [9.17, 15) is 0 Å². The van der Waals surface area contributed by atoms with Gasteiger partial charge in [0.05, 0.1) is 6.54 Å². The van der Waals surface area contributed by atoms with Gasteiger partial charge in [0.15, 0.2) is 5.82 Å². The Bertz CT molecular complexity index is 523. The molecule has 20 heavy (non-hydrogen) atoms. The molecule has 1 unspecified atom stereocenters. The molecule has 3 rings (SSSR count). The molecular formula is C15H19N3OS. The average molecular weight is 289 g/mol. The van der Waals surface area contributed by atoms with Crippen LogP contribution in [-0.4, -0.2) is 27.7 Å². The average Bonchev–Trinajstić information content (AvgIpc) is 3.12. The third kappa shape index (κ3) is 3.84. The van der Waals surface area contributed by atoms with Crippen LogP contribution in [0.2, 0.25) is 0 Å². The SMILES string of the molecule is c1ccc(Cc2noc(CNCC3CCCS3)n2)cc1. The Hall–Kier alpha value is -1.33. The first-order valence-corrected chi connectivity index (χ1v) is 8.13. The Balaban J connectivity index is 1.46. The molecule has 5 heteroatoms. The summed E-state index contributed by atoms with van der Waals surface area (Å²) in [6.07, 6.45) is 3.39. The molecule has 1 aromatic heterocycles. The smallest absolute Gasteiger partial charge is 0.240 e. The molecule has 0 amide bonds. The fourth-order valence-electron chi connectivity index (χ4n) is 2.36. The van der Waals surface area contributed by atoms with Crippen molar-refractivity contribution < 1.29 is 4.52 Å². The van der Waals surface area contributed by atoms with Crippen LogP contribution in [-0.2, 0) is 13.0 Å². The van der Waals surface area contributed by atoms with Crippen molar-refractivity contribution in [3.05, 3.63) is 47.6 Å². The monoisotopic (exact) mass is 289 g/mol. The predicted molar refractivity (Wildman–Crippen MR) is 80.7 cm³/mol. The highest BCUT2D eigenvalue weighted by atomic mass is 32.2. The molecule has 0 bridgehead atoms. The van der Waals surface area contributed by atoms with E-state index in [0.717, 1.165) is 24.0 Å². The Morgan fingerprint density at radius 3 is 3.00 bits per heavy atom. The molecule has 1 fully saturated rings. The summed E-state index contributed by atoms with van der Waals surface area (Å²) < 4.78 is 5.27. The van der Waals surface area contributed by atoms with E-state index in [1.807, 2.05) is 18.2 Å². The summed E-state index contributed by atoms with van der Waals surface area (Å²) in [5, 5.41) is 8.19. The van der Waals surface area contributed by atoms with Crippen LogP contribution < -0.4 is 5.32 Å². The molecule has 1 N–H and O–H groups in total. The van der Waals surface area contributed by atoms with Crippen molar-refractivity contribution in [1.82, 2.24) is 15.5 Å². The second-order valence-electron chi connectivity index (χ2n) is 5.03. The number of benzene rings is 1. The molecule has 2 aromatic rings. The zero-order valence-corrected chi connectivity index (χ0v) is 12.2. The van der Waals surface area contributed by atoms with Crippen LogP contribution in [0.3, 0.4) is 0 Å². The number of rotatable bonds is 6. The van der Waals surface area contributed by atoms with Crippen LogP contribution in [0.15, 0.2) is 34.9 Å². The van der Waals surface area contributed by atoms with Crippen molar-refractivity contribution in [2.24, 2.45) is 0 Å². The molecule has 106 valence electrons. The summed E-state index contributed by atoms with van der Waals surface area (Å²) in [4.78, 5) is 4.42. The highest BCUT2D eigenvalue weighted by Gasteiger charge is 2.15. The van der Waals surface area contributed by atoms with Crippen LogP contribution in [0.25, 0.3) is 0 Å². The lowest BCUT2D eigenvalue weighted by Gasteiger charge is -2.07. The zero-order chi connectivity index (χ0) is 13.6. The van der Waals surface area contributed by atoms with Crippen LogP contribution in [0, 0.1) is 0 Å². The lowest BCUT2D eigenvalue weighted by atomic mass is 10.1. The van der Waals surface area contributed by atoms with Crippen LogP contribution in [0.1, 0.15) is 30.1 Å². The minimum Gasteiger partial charge on any atom is -0.338 e. The topological polar surface area (TPSA) is 51.0 Å². The highest BCUT2D eigenvalue weighted by molar-refractivity contribution is 8.00. The minimum atomic E-state index is 0.666. The van der Waals surface area contributed by atoms with Gasteiger partial charge in [0, 0.05) is 18.2 Å². The third-order valence-corrected chi connectivity index (χ3v) is 4.79. The van der Waals surface area contributed by atoms with Gasteiger partial charge >= 0.3 is 0 Å². The molecule has 0 radical (unpaired) electrons. The molecule has 1 aliphatic heterocycles. The van der Waals surface area contributed by atoms with Crippen LogP contribution in [0.4, 0.5) is 0 Å². The quantitative estimate of drug-likeness (QED) is 0.886. The molecule has 0 saturated carbocycles. The summed E-state index contributed by atoms with van der Waals surface area (Å²) in [6, 6.07) is 10.2. The number of hydrogen-bond acceptors (Lipinski definition) is 5. The maximum atomic E-state index is 5.27. The number of nitrogens with one attached hydrogen (secondary N) is 1. The van der Waals surface area contributed by atoms with Gasteiger partial charge in [-0.1, -0.05) is 35.5 Å². The summed E-state index contributed by atoms with van der Waals surface area (Å²) in [6.45, 7) is 1.69. The van der Waals surface area contributed by atoms with Crippen molar-refractivity contribution in [2.45, 2.75) is 31.1 Å². The lowest BCUT2D eigenvalue weighted by Crippen LogP contribution is -2.22. The first kappa shape index (κ1) is 13.6. The van der Waals surface area contributed by atoms with Gasteiger partial charge < -0.3 is 9.84 Å². The Morgan fingerprint density at radius 2 is 2.20 bits per heavy atom. The van der Waals surface area contributed by atoms with E-state index in [1.54, 1.807) is 0 Å². The van der Waals surface area contributed by atoms with Crippen LogP contribution in [0.5, 0.6) is 0 Å². The Kier molecular flexibility index (Phi) is 4.71. The molecule has 2 heterocycles. The maximum absolute atomic E-state index is 5.27. The molecule has 1 aromatic carbocycles. The minimum absolute atomic E-state index is 0.666. The number of thioether (sulfide) groups is 1. The standard InChI is InChI=1S/C15H19N3OS/c1-2-5-12(6-3-1)9-14-17-15(19-18-14)11-16-10-13-7-4-8-20-13/h1-3,5-6,13,16H,4,7-11H2. The fourth-order valence-corrected chi connectivity index (χ4v) is 3.59. The van der Waals surface area contributed by atoms with E-state index in [1.165, 1.54) is 24.2 Å². The summed E-state index contributed by atoms with van der Waals surface area (Å²) in [5.41, 5.74) is 1.20. The van der Waals surface area contributed by atoms with Gasteiger partial charge in [-0.25, -0.2) is 0 Å². The molecule has 0 aliphatic carbocycles. The van der Waals surface area contributed by atoms with Crippen molar-refractivity contribution in [3.8, 4) is 0 Å². The zero-order valence-electron chi connectivity index (χ0n) is 11.4.